The van der Waals surface area contributed by atoms with Crippen molar-refractivity contribution < 1.29 is 51.2 Å². The summed E-state index contributed by atoms with van der Waals surface area (Å²) in [6.45, 7) is 7.78. The fraction of sp³-hybridized carbons (Fsp3) is 0.625. The number of rotatable bonds is 9. The lowest BCUT2D eigenvalue weighted by molar-refractivity contribution is -0.117. The number of nitrogens with two attached hydrogens (primary N) is 1. The minimum Gasteiger partial charge on any atom is -0.439 e. The zero-order chi connectivity index (χ0) is 36.3. The molecule has 0 saturated carbocycles. The van der Waals surface area contributed by atoms with Gasteiger partial charge in [0.25, 0.3) is 5.91 Å². The average Bonchev–Trinajstić information content (AvgIpc) is 2.98. The van der Waals surface area contributed by atoms with Gasteiger partial charge in [-0.2, -0.15) is 8.42 Å². The minimum absolute atomic E-state index is 0.0508. The normalized spacial score (nSPS) is 32.8. The molecule has 7 N–H and O–H groups in total. The van der Waals surface area contributed by atoms with E-state index in [-0.39, 0.29) is 29.3 Å². The van der Waals surface area contributed by atoms with Gasteiger partial charge in [-0.15, -0.1) is 0 Å². The molecule has 0 aromatic rings. The van der Waals surface area contributed by atoms with E-state index in [1.54, 1.807) is 26.0 Å². The van der Waals surface area contributed by atoms with Gasteiger partial charge in [0.05, 0.1) is 17.9 Å². The second kappa shape index (κ2) is 18.6. The van der Waals surface area contributed by atoms with E-state index in [4.69, 9.17) is 24.1 Å². The maximum absolute atomic E-state index is 13.3. The van der Waals surface area contributed by atoms with Gasteiger partial charge in [0, 0.05) is 44.5 Å². The van der Waals surface area contributed by atoms with E-state index in [0.717, 1.165) is 0 Å². The first kappa shape index (κ1) is 41.1. The summed E-state index contributed by atoms with van der Waals surface area (Å²) >= 11 is 0. The molecular weight excluding hydrogens is 648 g/mol. The molecule has 2 unspecified atom stereocenters. The van der Waals surface area contributed by atoms with Crippen molar-refractivity contribution >= 4 is 22.4 Å². The molecule has 0 fully saturated rings. The van der Waals surface area contributed by atoms with E-state index >= 15 is 0 Å². The Kier molecular flexibility index (Phi) is 15.9. The molecule has 1 aliphatic carbocycles. The molecule has 272 valence electrons. The highest BCUT2D eigenvalue weighted by molar-refractivity contribution is 7.80. The fourth-order valence-electron chi connectivity index (χ4n) is 5.66. The number of amides is 2. The monoisotopic (exact) mass is 700 g/mol. The third-order valence-corrected chi connectivity index (χ3v) is 8.61. The number of ether oxygens (including phenoxy) is 3. The van der Waals surface area contributed by atoms with Crippen molar-refractivity contribution in [1.82, 2.24) is 15.5 Å². The van der Waals surface area contributed by atoms with E-state index in [0.29, 0.717) is 30.7 Å². The number of aliphatic hydroxyl groups is 2. The number of carbonyl (C=O) groups excluding carboxylic acids is 2. The third-order valence-electron chi connectivity index (χ3n) is 8.16. The van der Waals surface area contributed by atoms with Gasteiger partial charge in [0.15, 0.2) is 6.10 Å². The molecule has 0 aromatic heterocycles. The van der Waals surface area contributed by atoms with Crippen LogP contribution in [0, 0.1) is 11.8 Å². The Bertz CT molecular complexity index is 1390. The highest BCUT2D eigenvalue weighted by atomic mass is 32.3. The van der Waals surface area contributed by atoms with Crippen LogP contribution in [0.2, 0.25) is 0 Å². The smallest absolute Gasteiger partial charge is 0.405 e. The molecule has 2 amide bonds. The van der Waals surface area contributed by atoms with Crippen LogP contribution in [0.15, 0.2) is 58.5 Å². The molecule has 0 aromatic carbocycles. The van der Waals surface area contributed by atoms with Crippen LogP contribution in [0.1, 0.15) is 40.5 Å². The van der Waals surface area contributed by atoms with Gasteiger partial charge < -0.3 is 45.7 Å². The predicted molar refractivity (Wildman–Crippen MR) is 179 cm³/mol. The lowest BCUT2D eigenvalue weighted by Crippen LogP contribution is -2.42. The van der Waals surface area contributed by atoms with Crippen LogP contribution >= 0.6 is 0 Å². The van der Waals surface area contributed by atoms with Gasteiger partial charge in [0.1, 0.15) is 18.3 Å². The Hall–Kier alpha value is -3.09. The number of fused-ring (bicyclic) bond motifs is 2. The summed E-state index contributed by atoms with van der Waals surface area (Å²) in [5.41, 5.74) is 6.62. The van der Waals surface area contributed by atoms with E-state index in [9.17, 15) is 32.8 Å². The highest BCUT2D eigenvalue weighted by Crippen LogP contribution is 2.33. The van der Waals surface area contributed by atoms with E-state index in [1.807, 2.05) is 25.9 Å². The number of allylic oxidation sites excluding steroid dienone is 2. The Balaban J connectivity index is 2.72. The molecule has 0 spiro atoms. The predicted octanol–water partition coefficient (Wildman–Crippen LogP) is 1.32. The molecule has 16 heteroatoms. The number of primary amides is 1. The molecule has 0 saturated heterocycles. The molecule has 8 atom stereocenters. The molecule has 2 aliphatic rings. The molecular formula is C32H52N4O11S. The van der Waals surface area contributed by atoms with Crippen molar-refractivity contribution in [2.75, 3.05) is 41.4 Å². The quantitative estimate of drug-likeness (QED) is 0.148. The minimum atomic E-state index is -4.97. The van der Waals surface area contributed by atoms with Crippen molar-refractivity contribution in [2.45, 2.75) is 77.2 Å². The maximum atomic E-state index is 13.3. The number of methoxy groups -OCH3 is 2. The van der Waals surface area contributed by atoms with E-state index in [1.165, 1.54) is 39.4 Å². The fourth-order valence-corrected chi connectivity index (χ4v) is 6.08. The first-order valence-electron chi connectivity index (χ1n) is 15.6. The summed E-state index contributed by atoms with van der Waals surface area (Å²) in [7, 11) is 1.62. The molecule has 15 nitrogen and oxygen atoms in total. The van der Waals surface area contributed by atoms with Gasteiger partial charge in [-0.05, 0) is 63.9 Å². The van der Waals surface area contributed by atoms with E-state index in [2.05, 4.69) is 10.6 Å². The van der Waals surface area contributed by atoms with Crippen LogP contribution in [0.3, 0.4) is 0 Å². The largest absolute Gasteiger partial charge is 0.439 e. The van der Waals surface area contributed by atoms with Crippen molar-refractivity contribution in [3.05, 3.63) is 58.5 Å². The van der Waals surface area contributed by atoms with Crippen LogP contribution in [-0.4, -0.2) is 118 Å². The van der Waals surface area contributed by atoms with E-state index < -0.39 is 64.9 Å². The summed E-state index contributed by atoms with van der Waals surface area (Å²) in [6, 6.07) is 0. The SMILES string of the molecule is CO[C@H]1/C=C/C=C(/C)C(=O)NC2=CC(OS(=O)(=O)O)C(NCCN(C)C)=C(C[C@@H](C)C[C@H](OC)[C@H](O)[C@@H](C)/C=C(\C)[C@@H]1OC(N)=O)C2O. The number of carbonyl (C=O) groups is 2. The maximum Gasteiger partial charge on any atom is 0.405 e. The Morgan fingerprint density at radius 1 is 1.15 bits per heavy atom. The molecule has 0 radical (unpaired) electrons. The molecule has 2 rings (SSSR count). The molecule has 1 aliphatic heterocycles. The number of nitrogens with zero attached hydrogens (tertiary/aromatic N) is 1. The number of nitrogens with one attached hydrogen (secondary N) is 2. The first-order valence-corrected chi connectivity index (χ1v) is 17.0. The van der Waals surface area contributed by atoms with Crippen LogP contribution in [0.5, 0.6) is 0 Å². The first-order chi connectivity index (χ1) is 22.4. The molecule has 2 bridgehead atoms. The summed E-state index contributed by atoms with van der Waals surface area (Å²) in [5.74, 6) is -1.37. The van der Waals surface area contributed by atoms with Crippen molar-refractivity contribution in [2.24, 2.45) is 17.6 Å². The molecule has 48 heavy (non-hydrogen) atoms. The third kappa shape index (κ3) is 12.4. The van der Waals surface area contributed by atoms with Crippen LogP contribution in [0.4, 0.5) is 4.79 Å². The van der Waals surface area contributed by atoms with Crippen LogP contribution in [-0.2, 0) is 33.6 Å². The van der Waals surface area contributed by atoms with Gasteiger partial charge in [-0.1, -0.05) is 38.2 Å². The number of aliphatic hydroxyl groups excluding tert-OH is 2. The molecule has 1 heterocycles. The summed E-state index contributed by atoms with van der Waals surface area (Å²) < 4.78 is 55.1. The van der Waals surface area contributed by atoms with Crippen LogP contribution < -0.4 is 16.4 Å². The van der Waals surface area contributed by atoms with Crippen LogP contribution in [0.25, 0.3) is 0 Å². The van der Waals surface area contributed by atoms with Gasteiger partial charge in [0.2, 0.25) is 0 Å². The summed E-state index contributed by atoms with van der Waals surface area (Å²) in [6.07, 6.45) is 0.712. The van der Waals surface area contributed by atoms with Crippen molar-refractivity contribution in [3.8, 4) is 0 Å². The second-order valence-corrected chi connectivity index (χ2v) is 13.5. The van der Waals surface area contributed by atoms with Crippen molar-refractivity contribution in [3.63, 3.8) is 0 Å². The highest BCUT2D eigenvalue weighted by Gasteiger charge is 2.36. The summed E-state index contributed by atoms with van der Waals surface area (Å²) in [4.78, 5) is 27.0. The van der Waals surface area contributed by atoms with Gasteiger partial charge in [-0.3, -0.25) is 9.35 Å². The van der Waals surface area contributed by atoms with Gasteiger partial charge >= 0.3 is 16.5 Å². The second-order valence-electron chi connectivity index (χ2n) is 12.5. The zero-order valence-corrected chi connectivity index (χ0v) is 29.7. The van der Waals surface area contributed by atoms with Gasteiger partial charge in [-0.25, -0.2) is 8.98 Å². The van der Waals surface area contributed by atoms with Crippen molar-refractivity contribution in [1.29, 1.82) is 0 Å². The average molecular weight is 701 g/mol. The summed E-state index contributed by atoms with van der Waals surface area (Å²) in [5, 5.41) is 28.8. The Morgan fingerprint density at radius 2 is 1.81 bits per heavy atom. The Morgan fingerprint density at radius 3 is 2.38 bits per heavy atom. The standard InChI is InChI=1S/C32H52N4O11S/c1-18-14-22-27(34-12-13-36(5)6)25(47-48(41,42)43)17-23(29(22)38)35-31(39)19(2)10-9-11-24(44-7)30(46-32(33)40)21(4)16-20(3)28(37)26(15-18)45-8/h9-11,16-18,20,24-26,28-30,34,37-38H,12-15H2,1-8H3,(H2,33,40)(H,35,39)(H,41,42,43)/b11-9+,19-10-,21-16+/t18-,20+,24+,25?,26+,28-,29?,30+/m1/s1. The zero-order valence-electron chi connectivity index (χ0n) is 28.9. The number of likely N-dealkylation sites (N-methyl/N-ethyl adjacent to an activating group) is 1. The Labute approximate surface area is 283 Å². The lowest BCUT2D eigenvalue weighted by Gasteiger charge is -2.34. The number of hydrogen-bond acceptors (Lipinski definition) is 12. The lowest BCUT2D eigenvalue weighted by atomic mass is 9.84. The number of hydrogen-bond donors (Lipinski definition) is 6. The topological polar surface area (TPSA) is 219 Å².